The van der Waals surface area contributed by atoms with Crippen molar-refractivity contribution in [2.45, 2.75) is 6.54 Å². The molecule has 1 aromatic heterocycles. The zero-order valence-corrected chi connectivity index (χ0v) is 8.17. The van der Waals surface area contributed by atoms with Crippen molar-refractivity contribution >= 4 is 0 Å². The largest absolute Gasteiger partial charge is 0.507 e. The predicted molar refractivity (Wildman–Crippen MR) is 56.4 cm³/mol. The second-order valence-corrected chi connectivity index (χ2v) is 3.20. The Morgan fingerprint density at radius 2 is 2.00 bits per heavy atom. The molecule has 0 fully saturated rings. The number of rotatable bonds is 3. The average Bonchev–Trinajstić information content (AvgIpc) is 2.68. The number of phenolic OH excluding ortho intramolecular Hbond substituents is 1. The number of hydrogen-bond acceptors (Lipinski definition) is 3. The third-order valence-electron chi connectivity index (χ3n) is 2.15. The summed E-state index contributed by atoms with van der Waals surface area (Å²) in [4.78, 5) is 0. The first-order valence-corrected chi connectivity index (χ1v) is 4.74. The van der Waals surface area contributed by atoms with E-state index in [-0.39, 0.29) is 12.4 Å². The number of aliphatic hydroxyl groups is 1. The van der Waals surface area contributed by atoms with Crippen LogP contribution in [0.15, 0.2) is 36.5 Å². The number of aromatic nitrogens is 2. The number of phenols is 1. The molecule has 1 heterocycles. The molecule has 0 radical (unpaired) electrons. The maximum Gasteiger partial charge on any atom is 0.125 e. The van der Waals surface area contributed by atoms with Crippen LogP contribution >= 0.6 is 0 Å². The van der Waals surface area contributed by atoms with Gasteiger partial charge in [-0.3, -0.25) is 4.68 Å². The van der Waals surface area contributed by atoms with E-state index in [2.05, 4.69) is 5.10 Å². The van der Waals surface area contributed by atoms with E-state index >= 15 is 0 Å². The molecule has 2 N–H and O–H groups in total. The van der Waals surface area contributed by atoms with Crippen LogP contribution in [0.1, 0.15) is 0 Å². The summed E-state index contributed by atoms with van der Waals surface area (Å²) in [5.74, 6) is 0.215. The van der Waals surface area contributed by atoms with Crippen molar-refractivity contribution < 1.29 is 10.2 Å². The Labute approximate surface area is 87.4 Å². The van der Waals surface area contributed by atoms with Crippen LogP contribution in [0.5, 0.6) is 5.75 Å². The lowest BCUT2D eigenvalue weighted by atomic mass is 10.1. The van der Waals surface area contributed by atoms with Gasteiger partial charge in [0, 0.05) is 11.8 Å². The fraction of sp³-hybridized carbons (Fsp3) is 0.182. The number of nitrogens with zero attached hydrogens (tertiary/aromatic N) is 2. The molecule has 0 aliphatic rings. The van der Waals surface area contributed by atoms with Gasteiger partial charge < -0.3 is 10.2 Å². The summed E-state index contributed by atoms with van der Waals surface area (Å²) in [5.41, 5.74) is 1.41. The minimum absolute atomic E-state index is 0.0574. The maximum atomic E-state index is 9.60. The molecule has 0 aliphatic carbocycles. The Bertz CT molecular complexity index is 451. The van der Waals surface area contributed by atoms with E-state index in [1.54, 1.807) is 29.1 Å². The highest BCUT2D eigenvalue weighted by Gasteiger charge is 2.05. The highest BCUT2D eigenvalue weighted by molar-refractivity contribution is 5.65. The highest BCUT2D eigenvalue weighted by atomic mass is 16.3. The summed E-state index contributed by atoms with van der Waals surface area (Å²) < 4.78 is 1.64. The minimum atomic E-state index is 0.0574. The fourth-order valence-electron chi connectivity index (χ4n) is 1.42. The number of para-hydroxylation sites is 1. The first-order valence-electron chi connectivity index (χ1n) is 4.74. The molecule has 2 rings (SSSR count). The molecule has 4 heteroatoms. The lowest BCUT2D eigenvalue weighted by molar-refractivity contribution is 0.269. The quantitative estimate of drug-likeness (QED) is 0.791. The van der Waals surface area contributed by atoms with Crippen LogP contribution in [0.4, 0.5) is 0 Å². The Kier molecular flexibility index (Phi) is 2.69. The molecule has 0 unspecified atom stereocenters. The molecule has 2 aromatic rings. The van der Waals surface area contributed by atoms with Crippen LogP contribution in [-0.2, 0) is 6.54 Å². The van der Waals surface area contributed by atoms with Crippen LogP contribution < -0.4 is 0 Å². The summed E-state index contributed by atoms with van der Waals surface area (Å²) in [6, 6.07) is 8.86. The highest BCUT2D eigenvalue weighted by Crippen LogP contribution is 2.26. The Morgan fingerprint density at radius 3 is 2.73 bits per heavy atom. The summed E-state index contributed by atoms with van der Waals surface area (Å²) in [6.45, 7) is 0.523. The molecule has 1 aromatic carbocycles. The lowest BCUT2D eigenvalue weighted by Crippen LogP contribution is -2.02. The van der Waals surface area contributed by atoms with E-state index in [0.717, 1.165) is 0 Å². The Hall–Kier alpha value is -1.81. The predicted octanol–water partition coefficient (Wildman–Crippen LogP) is 1.25. The van der Waals surface area contributed by atoms with E-state index < -0.39 is 0 Å². The van der Waals surface area contributed by atoms with Gasteiger partial charge in [0.1, 0.15) is 5.75 Å². The van der Waals surface area contributed by atoms with E-state index in [4.69, 9.17) is 5.11 Å². The standard InChI is InChI=1S/C11H12N2O2/c14-8-7-13-6-5-10(12-13)9-3-1-2-4-11(9)15/h1-6,14-15H,7-8H2. The van der Waals surface area contributed by atoms with Crippen LogP contribution in [0.2, 0.25) is 0 Å². The van der Waals surface area contributed by atoms with Gasteiger partial charge >= 0.3 is 0 Å². The number of aromatic hydroxyl groups is 1. The molecule has 0 atom stereocenters. The van der Waals surface area contributed by atoms with Gasteiger partial charge in [-0.1, -0.05) is 12.1 Å². The van der Waals surface area contributed by atoms with Gasteiger partial charge in [0.05, 0.1) is 18.8 Å². The number of hydrogen-bond donors (Lipinski definition) is 2. The van der Waals surface area contributed by atoms with Crippen molar-refractivity contribution in [2.75, 3.05) is 6.61 Å². The summed E-state index contributed by atoms with van der Waals surface area (Å²) in [5, 5.41) is 22.6. The molecule has 15 heavy (non-hydrogen) atoms. The Balaban J connectivity index is 2.33. The van der Waals surface area contributed by atoms with E-state index in [1.165, 1.54) is 0 Å². The maximum absolute atomic E-state index is 9.60. The van der Waals surface area contributed by atoms with Gasteiger partial charge in [-0.25, -0.2) is 0 Å². The van der Waals surface area contributed by atoms with Crippen molar-refractivity contribution in [1.82, 2.24) is 9.78 Å². The number of aliphatic hydroxyl groups excluding tert-OH is 1. The smallest absolute Gasteiger partial charge is 0.125 e. The monoisotopic (exact) mass is 204 g/mol. The molecule has 0 saturated carbocycles. The summed E-state index contributed by atoms with van der Waals surface area (Å²) in [7, 11) is 0. The van der Waals surface area contributed by atoms with Crippen LogP contribution in [0.25, 0.3) is 11.3 Å². The van der Waals surface area contributed by atoms with E-state index in [1.807, 2.05) is 12.1 Å². The van der Waals surface area contributed by atoms with Crippen LogP contribution in [-0.4, -0.2) is 26.6 Å². The van der Waals surface area contributed by atoms with Crippen LogP contribution in [0, 0.1) is 0 Å². The zero-order valence-electron chi connectivity index (χ0n) is 8.17. The summed E-state index contributed by atoms with van der Waals surface area (Å²) in [6.07, 6.45) is 1.78. The zero-order chi connectivity index (χ0) is 10.7. The lowest BCUT2D eigenvalue weighted by Gasteiger charge is -2.00. The molecule has 0 saturated heterocycles. The van der Waals surface area contributed by atoms with Gasteiger partial charge in [0.2, 0.25) is 0 Å². The molecule has 0 aliphatic heterocycles. The molecular weight excluding hydrogens is 192 g/mol. The molecule has 78 valence electrons. The van der Waals surface area contributed by atoms with Crippen LogP contribution in [0.3, 0.4) is 0 Å². The fourth-order valence-corrected chi connectivity index (χ4v) is 1.42. The topological polar surface area (TPSA) is 58.3 Å². The third kappa shape index (κ3) is 1.99. The van der Waals surface area contributed by atoms with Gasteiger partial charge in [-0.05, 0) is 18.2 Å². The minimum Gasteiger partial charge on any atom is -0.507 e. The van der Waals surface area contributed by atoms with Gasteiger partial charge in [-0.2, -0.15) is 5.10 Å². The first kappa shape index (κ1) is 9.73. The third-order valence-corrected chi connectivity index (χ3v) is 2.15. The molecular formula is C11H12N2O2. The van der Waals surface area contributed by atoms with Gasteiger partial charge in [0.15, 0.2) is 0 Å². The molecule has 0 bridgehead atoms. The second-order valence-electron chi connectivity index (χ2n) is 3.20. The Morgan fingerprint density at radius 1 is 1.20 bits per heavy atom. The van der Waals surface area contributed by atoms with Gasteiger partial charge in [-0.15, -0.1) is 0 Å². The van der Waals surface area contributed by atoms with Crippen molar-refractivity contribution in [3.63, 3.8) is 0 Å². The first-order chi connectivity index (χ1) is 7.31. The van der Waals surface area contributed by atoms with Crippen molar-refractivity contribution in [3.05, 3.63) is 36.5 Å². The average molecular weight is 204 g/mol. The molecule has 4 nitrogen and oxygen atoms in total. The van der Waals surface area contributed by atoms with Crippen molar-refractivity contribution in [3.8, 4) is 17.0 Å². The normalized spacial score (nSPS) is 10.5. The molecule has 0 amide bonds. The van der Waals surface area contributed by atoms with E-state index in [9.17, 15) is 5.11 Å². The van der Waals surface area contributed by atoms with Crippen molar-refractivity contribution in [1.29, 1.82) is 0 Å². The molecule has 0 spiro atoms. The van der Waals surface area contributed by atoms with Gasteiger partial charge in [0.25, 0.3) is 0 Å². The summed E-state index contributed by atoms with van der Waals surface area (Å²) >= 11 is 0. The SMILES string of the molecule is OCCn1ccc(-c2ccccc2O)n1. The van der Waals surface area contributed by atoms with Crippen molar-refractivity contribution in [2.24, 2.45) is 0 Å². The van der Waals surface area contributed by atoms with E-state index in [0.29, 0.717) is 17.8 Å². The second kappa shape index (κ2) is 4.14. The number of benzene rings is 1.